The molecule has 27 heavy (non-hydrogen) atoms. The molecule has 4 rings (SSSR count). The molecule has 5 heteroatoms. The summed E-state index contributed by atoms with van der Waals surface area (Å²) < 4.78 is 23.0. The first-order valence-corrected chi connectivity index (χ1v) is 9.62. The number of hydrogen-bond donors (Lipinski definition) is 1. The third-order valence-electron chi connectivity index (χ3n) is 4.95. The highest BCUT2D eigenvalue weighted by molar-refractivity contribution is 5.53. The van der Waals surface area contributed by atoms with Crippen molar-refractivity contribution in [2.75, 3.05) is 33.5 Å². The Bertz CT molecular complexity index is 818. The van der Waals surface area contributed by atoms with Crippen molar-refractivity contribution in [1.29, 1.82) is 0 Å². The second-order valence-corrected chi connectivity index (χ2v) is 7.45. The van der Waals surface area contributed by atoms with Gasteiger partial charge < -0.3 is 24.3 Å². The number of rotatable bonds is 5. The van der Waals surface area contributed by atoms with Gasteiger partial charge in [-0.2, -0.15) is 0 Å². The van der Waals surface area contributed by atoms with Crippen molar-refractivity contribution in [3.63, 3.8) is 0 Å². The fourth-order valence-electron chi connectivity index (χ4n) is 3.63. The first-order valence-electron chi connectivity index (χ1n) is 9.62. The summed E-state index contributed by atoms with van der Waals surface area (Å²) in [5, 5.41) is 3.63. The maximum absolute atomic E-state index is 5.89. The standard InChI is InChI=1S/C22H27NO4/c1-14(2)13-27-18-5-4-16(11-19(18)24-3)22-17-12-21-20(25-8-9-26-21)10-15(17)6-7-23-22/h4-5,10-12,14,22-23H,6-9,13H2,1-3H3. The SMILES string of the molecule is COc1cc(C2NCCc3cc4c(cc32)OCCO4)ccc1OCC(C)C. The van der Waals surface area contributed by atoms with Crippen LogP contribution in [0.2, 0.25) is 0 Å². The highest BCUT2D eigenvalue weighted by atomic mass is 16.6. The molecule has 0 aromatic heterocycles. The largest absolute Gasteiger partial charge is 0.493 e. The number of fused-ring (bicyclic) bond motifs is 2. The molecule has 1 atom stereocenters. The lowest BCUT2D eigenvalue weighted by molar-refractivity contribution is 0.171. The van der Waals surface area contributed by atoms with E-state index in [1.807, 2.05) is 6.07 Å². The van der Waals surface area contributed by atoms with Crippen molar-refractivity contribution in [2.45, 2.75) is 26.3 Å². The van der Waals surface area contributed by atoms with Crippen molar-refractivity contribution in [1.82, 2.24) is 5.32 Å². The van der Waals surface area contributed by atoms with Gasteiger partial charge in [0.05, 0.1) is 19.8 Å². The Morgan fingerprint density at radius 1 is 1.07 bits per heavy atom. The number of hydrogen-bond acceptors (Lipinski definition) is 5. The van der Waals surface area contributed by atoms with Crippen LogP contribution in [-0.4, -0.2) is 33.5 Å². The van der Waals surface area contributed by atoms with Crippen molar-refractivity contribution >= 4 is 0 Å². The minimum absolute atomic E-state index is 0.0950. The molecular weight excluding hydrogens is 342 g/mol. The zero-order valence-corrected chi connectivity index (χ0v) is 16.2. The average Bonchev–Trinajstić information content (AvgIpc) is 2.70. The number of methoxy groups -OCH3 is 1. The average molecular weight is 369 g/mol. The van der Waals surface area contributed by atoms with Crippen LogP contribution in [0.3, 0.4) is 0 Å². The predicted molar refractivity (Wildman–Crippen MR) is 104 cm³/mol. The molecule has 1 unspecified atom stereocenters. The Balaban J connectivity index is 1.66. The van der Waals surface area contributed by atoms with E-state index in [4.69, 9.17) is 18.9 Å². The van der Waals surface area contributed by atoms with Gasteiger partial charge in [0.15, 0.2) is 23.0 Å². The summed E-state index contributed by atoms with van der Waals surface area (Å²) in [6.07, 6.45) is 0.981. The van der Waals surface area contributed by atoms with E-state index in [1.165, 1.54) is 11.1 Å². The van der Waals surface area contributed by atoms with Crippen LogP contribution in [0, 0.1) is 5.92 Å². The molecule has 5 nitrogen and oxygen atoms in total. The lowest BCUT2D eigenvalue weighted by Crippen LogP contribution is -2.31. The minimum atomic E-state index is 0.0950. The zero-order valence-electron chi connectivity index (χ0n) is 16.2. The van der Waals surface area contributed by atoms with E-state index in [1.54, 1.807) is 7.11 Å². The van der Waals surface area contributed by atoms with E-state index < -0.39 is 0 Å². The van der Waals surface area contributed by atoms with Crippen molar-refractivity contribution < 1.29 is 18.9 Å². The Labute approximate surface area is 160 Å². The molecule has 0 radical (unpaired) electrons. The molecule has 2 heterocycles. The number of ether oxygens (including phenoxy) is 4. The van der Waals surface area contributed by atoms with Gasteiger partial charge in [0.2, 0.25) is 0 Å². The van der Waals surface area contributed by atoms with Gasteiger partial charge in [-0.15, -0.1) is 0 Å². The molecule has 0 bridgehead atoms. The zero-order chi connectivity index (χ0) is 18.8. The van der Waals surface area contributed by atoms with E-state index in [9.17, 15) is 0 Å². The maximum atomic E-state index is 5.89. The van der Waals surface area contributed by atoms with E-state index in [0.29, 0.717) is 25.7 Å². The molecule has 0 saturated heterocycles. The summed E-state index contributed by atoms with van der Waals surface area (Å²) in [5.74, 6) is 3.70. The van der Waals surface area contributed by atoms with Crippen molar-refractivity contribution in [3.05, 3.63) is 47.0 Å². The fraction of sp³-hybridized carbons (Fsp3) is 0.455. The number of benzene rings is 2. The third kappa shape index (κ3) is 3.69. The summed E-state index contributed by atoms with van der Waals surface area (Å²) in [4.78, 5) is 0. The van der Waals surface area contributed by atoms with Gasteiger partial charge in [0.25, 0.3) is 0 Å². The Hall–Kier alpha value is -2.40. The second-order valence-electron chi connectivity index (χ2n) is 7.45. The van der Waals surface area contributed by atoms with Gasteiger partial charge in [0.1, 0.15) is 13.2 Å². The van der Waals surface area contributed by atoms with Gasteiger partial charge in [-0.3, -0.25) is 0 Å². The Morgan fingerprint density at radius 2 is 1.85 bits per heavy atom. The van der Waals surface area contributed by atoms with Crippen LogP contribution >= 0.6 is 0 Å². The van der Waals surface area contributed by atoms with Gasteiger partial charge in [-0.25, -0.2) is 0 Å². The van der Waals surface area contributed by atoms with Crippen LogP contribution in [0.25, 0.3) is 0 Å². The number of nitrogens with one attached hydrogen (secondary N) is 1. The summed E-state index contributed by atoms with van der Waals surface area (Å²) in [7, 11) is 1.69. The van der Waals surface area contributed by atoms with Gasteiger partial charge in [-0.1, -0.05) is 19.9 Å². The molecule has 2 aliphatic rings. The molecule has 0 spiro atoms. The summed E-state index contributed by atoms with van der Waals surface area (Å²) in [5.41, 5.74) is 3.70. The van der Waals surface area contributed by atoms with Crippen molar-refractivity contribution in [2.24, 2.45) is 5.92 Å². The van der Waals surface area contributed by atoms with Crippen LogP contribution in [0.15, 0.2) is 30.3 Å². The molecule has 144 valence electrons. The summed E-state index contributed by atoms with van der Waals surface area (Å²) >= 11 is 0. The maximum Gasteiger partial charge on any atom is 0.161 e. The molecule has 0 saturated carbocycles. The van der Waals surface area contributed by atoms with Crippen LogP contribution < -0.4 is 24.3 Å². The third-order valence-corrected chi connectivity index (χ3v) is 4.95. The van der Waals surface area contributed by atoms with E-state index in [0.717, 1.165) is 41.5 Å². The molecule has 2 aliphatic heterocycles. The lowest BCUT2D eigenvalue weighted by Gasteiger charge is -2.30. The minimum Gasteiger partial charge on any atom is -0.493 e. The molecule has 2 aromatic rings. The van der Waals surface area contributed by atoms with Crippen LogP contribution in [0.4, 0.5) is 0 Å². The summed E-state index contributed by atoms with van der Waals surface area (Å²) in [6, 6.07) is 10.5. The first-order chi connectivity index (χ1) is 13.2. The van der Waals surface area contributed by atoms with Crippen LogP contribution in [0.1, 0.15) is 36.6 Å². The van der Waals surface area contributed by atoms with E-state index in [-0.39, 0.29) is 6.04 Å². The van der Waals surface area contributed by atoms with E-state index >= 15 is 0 Å². The molecule has 0 aliphatic carbocycles. The van der Waals surface area contributed by atoms with Crippen molar-refractivity contribution in [3.8, 4) is 23.0 Å². The van der Waals surface area contributed by atoms with Crippen LogP contribution in [0.5, 0.6) is 23.0 Å². The molecule has 2 aromatic carbocycles. The molecule has 0 fully saturated rings. The van der Waals surface area contributed by atoms with Gasteiger partial charge >= 0.3 is 0 Å². The smallest absolute Gasteiger partial charge is 0.161 e. The van der Waals surface area contributed by atoms with Gasteiger partial charge in [0, 0.05) is 6.54 Å². The predicted octanol–water partition coefficient (Wildman–Crippen LogP) is 3.74. The van der Waals surface area contributed by atoms with Gasteiger partial charge in [-0.05, 0) is 53.3 Å². The van der Waals surface area contributed by atoms with E-state index in [2.05, 4.69) is 43.4 Å². The second kappa shape index (κ2) is 7.69. The monoisotopic (exact) mass is 369 g/mol. The Kier molecular flexibility index (Phi) is 5.12. The highest BCUT2D eigenvalue weighted by Crippen LogP contribution is 2.40. The summed E-state index contributed by atoms with van der Waals surface area (Å²) in [6.45, 7) is 7.07. The lowest BCUT2D eigenvalue weighted by atomic mass is 9.89. The first kappa shape index (κ1) is 18.0. The topological polar surface area (TPSA) is 49.0 Å². The Morgan fingerprint density at radius 3 is 2.59 bits per heavy atom. The van der Waals surface area contributed by atoms with Crippen LogP contribution in [-0.2, 0) is 6.42 Å². The molecule has 0 amide bonds. The molecule has 1 N–H and O–H groups in total. The fourth-order valence-corrected chi connectivity index (χ4v) is 3.63. The normalized spacial score (nSPS) is 18.1. The quantitative estimate of drug-likeness (QED) is 0.870. The molecular formula is C22H27NO4. The highest BCUT2D eigenvalue weighted by Gasteiger charge is 2.26.